The van der Waals surface area contributed by atoms with E-state index < -0.39 is 0 Å². The lowest BCUT2D eigenvalue weighted by molar-refractivity contribution is 0.656. The van der Waals surface area contributed by atoms with Gasteiger partial charge in [0.05, 0.1) is 0 Å². The number of nitrogens with one attached hydrogen (secondary N) is 2. The number of hydrogen-bond donors (Lipinski definition) is 2. The summed E-state index contributed by atoms with van der Waals surface area (Å²) in [6.45, 7) is 4.95. The molecule has 0 amide bonds. The number of pyridine rings is 1. The summed E-state index contributed by atoms with van der Waals surface area (Å²) in [4.78, 5) is 11.1. The Labute approximate surface area is 173 Å². The summed E-state index contributed by atoms with van der Waals surface area (Å²) in [7, 11) is 1.81. The monoisotopic (exact) mass is 465 g/mol. The van der Waals surface area contributed by atoms with Crippen LogP contribution in [0.1, 0.15) is 18.2 Å². The first-order chi connectivity index (χ1) is 12.3. The van der Waals surface area contributed by atoms with Gasteiger partial charge in [0.15, 0.2) is 5.96 Å². The van der Waals surface area contributed by atoms with Crippen LogP contribution in [0.15, 0.2) is 53.7 Å². The van der Waals surface area contributed by atoms with Crippen LogP contribution in [0.25, 0.3) is 0 Å². The topological polar surface area (TPSA) is 52.6 Å². The van der Waals surface area contributed by atoms with Crippen LogP contribution in [0.5, 0.6) is 0 Å². The molecule has 0 bridgehead atoms. The van der Waals surface area contributed by atoms with E-state index in [0.717, 1.165) is 44.1 Å². The van der Waals surface area contributed by atoms with Crippen LogP contribution in [0.2, 0.25) is 0 Å². The molecular formula is C20H28IN5. The van der Waals surface area contributed by atoms with E-state index in [1.165, 1.54) is 11.3 Å². The van der Waals surface area contributed by atoms with Crippen molar-refractivity contribution in [1.29, 1.82) is 0 Å². The first-order valence-electron chi connectivity index (χ1n) is 8.97. The first kappa shape index (κ1) is 20.5. The predicted octanol–water partition coefficient (Wildman–Crippen LogP) is 2.86. The van der Waals surface area contributed by atoms with Crippen molar-refractivity contribution in [2.75, 3.05) is 31.6 Å². The van der Waals surface area contributed by atoms with E-state index in [4.69, 9.17) is 0 Å². The second kappa shape index (κ2) is 10.4. The lowest BCUT2D eigenvalue weighted by Crippen LogP contribution is -2.43. The zero-order chi connectivity index (χ0) is 17.5. The highest BCUT2D eigenvalue weighted by Gasteiger charge is 2.24. The molecule has 5 nitrogen and oxygen atoms in total. The van der Waals surface area contributed by atoms with E-state index in [9.17, 15) is 0 Å². The molecule has 2 N–H and O–H groups in total. The van der Waals surface area contributed by atoms with Crippen molar-refractivity contribution in [3.63, 3.8) is 0 Å². The highest BCUT2D eigenvalue weighted by Crippen LogP contribution is 2.31. The largest absolute Gasteiger partial charge is 0.367 e. The summed E-state index contributed by atoms with van der Waals surface area (Å²) in [5.74, 6) is 0.844. The summed E-state index contributed by atoms with van der Waals surface area (Å²) >= 11 is 0. The molecule has 1 aliphatic rings. The number of guanidine groups is 1. The Kier molecular flexibility index (Phi) is 8.15. The number of fused-ring (bicyclic) bond motifs is 1. The van der Waals surface area contributed by atoms with Gasteiger partial charge in [0.2, 0.25) is 0 Å². The molecule has 2 heterocycles. The van der Waals surface area contributed by atoms with Gasteiger partial charge in [-0.25, -0.2) is 0 Å². The molecule has 0 saturated heterocycles. The van der Waals surface area contributed by atoms with Crippen LogP contribution < -0.4 is 15.5 Å². The van der Waals surface area contributed by atoms with E-state index in [2.05, 4.69) is 56.7 Å². The molecule has 1 unspecified atom stereocenters. The zero-order valence-corrected chi connectivity index (χ0v) is 17.8. The Morgan fingerprint density at radius 2 is 1.92 bits per heavy atom. The molecule has 1 aromatic carbocycles. The van der Waals surface area contributed by atoms with Crippen molar-refractivity contribution in [2.45, 2.75) is 25.8 Å². The molecule has 0 aliphatic carbocycles. The fourth-order valence-electron chi connectivity index (χ4n) is 3.34. The minimum atomic E-state index is 0. The maximum absolute atomic E-state index is 4.34. The van der Waals surface area contributed by atoms with Gasteiger partial charge in [0.25, 0.3) is 0 Å². The number of aliphatic imine (C=N–C) groups is 1. The Balaban J connectivity index is 0.00000243. The minimum absolute atomic E-state index is 0. The molecule has 2 aromatic rings. The molecule has 1 aromatic heterocycles. The lowest BCUT2D eigenvalue weighted by Gasteiger charge is -2.25. The van der Waals surface area contributed by atoms with Gasteiger partial charge in [-0.05, 0) is 37.1 Å². The summed E-state index contributed by atoms with van der Waals surface area (Å²) in [5, 5.41) is 6.76. The number of halogens is 1. The molecule has 0 fully saturated rings. The Bertz CT molecular complexity index is 704. The van der Waals surface area contributed by atoms with E-state index in [0.29, 0.717) is 6.04 Å². The van der Waals surface area contributed by atoms with Crippen LogP contribution in [0.3, 0.4) is 0 Å². The molecule has 0 spiro atoms. The third-order valence-electron chi connectivity index (χ3n) is 4.62. The summed E-state index contributed by atoms with van der Waals surface area (Å²) < 4.78 is 0. The average molecular weight is 465 g/mol. The third kappa shape index (κ3) is 5.33. The first-order valence-corrected chi connectivity index (χ1v) is 8.97. The predicted molar refractivity (Wildman–Crippen MR) is 120 cm³/mol. The Morgan fingerprint density at radius 1 is 1.15 bits per heavy atom. The molecule has 1 aliphatic heterocycles. The zero-order valence-electron chi connectivity index (χ0n) is 15.5. The number of aromatic nitrogens is 1. The van der Waals surface area contributed by atoms with Crippen LogP contribution in [0.4, 0.5) is 5.69 Å². The summed E-state index contributed by atoms with van der Waals surface area (Å²) in [5.41, 5.74) is 3.91. The molecule has 3 rings (SSSR count). The maximum Gasteiger partial charge on any atom is 0.191 e. The molecule has 6 heteroatoms. The molecule has 1 atom stereocenters. The smallest absolute Gasteiger partial charge is 0.191 e. The number of nitrogens with zero attached hydrogens (tertiary/aromatic N) is 3. The standard InChI is InChI=1S/C20H27N5.HI/c1-16-15-17-7-3-4-9-19(17)25(16)14-13-24-20(21-2)23-12-10-18-8-5-6-11-22-18;/h3-9,11,16H,10,12-15H2,1-2H3,(H2,21,23,24);1H. The van der Waals surface area contributed by atoms with E-state index in [1.807, 2.05) is 31.4 Å². The van der Waals surface area contributed by atoms with Crippen molar-refractivity contribution in [3.05, 3.63) is 59.9 Å². The number of benzene rings is 1. The van der Waals surface area contributed by atoms with E-state index in [-0.39, 0.29) is 24.0 Å². The Morgan fingerprint density at radius 3 is 2.69 bits per heavy atom. The van der Waals surface area contributed by atoms with Gasteiger partial charge in [-0.1, -0.05) is 24.3 Å². The fourth-order valence-corrected chi connectivity index (χ4v) is 3.34. The Hall–Kier alpha value is -1.83. The van der Waals surface area contributed by atoms with Gasteiger partial charge in [-0.2, -0.15) is 0 Å². The molecule has 0 radical (unpaired) electrons. The number of para-hydroxylation sites is 1. The minimum Gasteiger partial charge on any atom is -0.367 e. The van der Waals surface area contributed by atoms with Gasteiger partial charge >= 0.3 is 0 Å². The highest BCUT2D eigenvalue weighted by atomic mass is 127. The fraction of sp³-hybridized carbons (Fsp3) is 0.400. The van der Waals surface area contributed by atoms with Gasteiger partial charge < -0.3 is 15.5 Å². The van der Waals surface area contributed by atoms with Crippen molar-refractivity contribution in [1.82, 2.24) is 15.6 Å². The van der Waals surface area contributed by atoms with Crippen molar-refractivity contribution >= 4 is 35.6 Å². The lowest BCUT2D eigenvalue weighted by atomic mass is 10.1. The van der Waals surface area contributed by atoms with Crippen LogP contribution in [-0.4, -0.2) is 43.7 Å². The van der Waals surface area contributed by atoms with Gasteiger partial charge in [-0.3, -0.25) is 9.98 Å². The summed E-state index contributed by atoms with van der Waals surface area (Å²) in [6.07, 6.45) is 3.85. The van der Waals surface area contributed by atoms with Crippen molar-refractivity contribution < 1.29 is 0 Å². The van der Waals surface area contributed by atoms with Crippen LogP contribution >= 0.6 is 24.0 Å². The van der Waals surface area contributed by atoms with Crippen LogP contribution in [0, 0.1) is 0 Å². The van der Waals surface area contributed by atoms with Crippen LogP contribution in [-0.2, 0) is 12.8 Å². The van der Waals surface area contributed by atoms with Crippen molar-refractivity contribution in [2.24, 2.45) is 4.99 Å². The number of anilines is 1. The summed E-state index contributed by atoms with van der Waals surface area (Å²) in [6, 6.07) is 15.3. The third-order valence-corrected chi connectivity index (χ3v) is 4.62. The maximum atomic E-state index is 4.34. The second-order valence-corrected chi connectivity index (χ2v) is 6.37. The SMILES string of the molecule is CN=C(NCCc1ccccn1)NCCN1c2ccccc2CC1C.I. The van der Waals surface area contributed by atoms with E-state index >= 15 is 0 Å². The van der Waals surface area contributed by atoms with E-state index in [1.54, 1.807) is 0 Å². The van der Waals surface area contributed by atoms with Crippen molar-refractivity contribution in [3.8, 4) is 0 Å². The molecular weight excluding hydrogens is 437 g/mol. The highest BCUT2D eigenvalue weighted by molar-refractivity contribution is 14.0. The molecule has 0 saturated carbocycles. The number of rotatable bonds is 6. The average Bonchev–Trinajstić information content (AvgIpc) is 2.97. The number of hydrogen-bond acceptors (Lipinski definition) is 3. The molecule has 140 valence electrons. The second-order valence-electron chi connectivity index (χ2n) is 6.37. The van der Waals surface area contributed by atoms with Gasteiger partial charge in [0, 0.05) is 56.7 Å². The molecule has 26 heavy (non-hydrogen) atoms. The van der Waals surface area contributed by atoms with Gasteiger partial charge in [-0.15, -0.1) is 24.0 Å². The van der Waals surface area contributed by atoms with Gasteiger partial charge in [0.1, 0.15) is 0 Å². The normalized spacial score (nSPS) is 16.0. The quantitative estimate of drug-likeness (QED) is 0.392.